The van der Waals surface area contributed by atoms with Crippen molar-refractivity contribution in [1.29, 1.82) is 0 Å². The molecule has 0 saturated carbocycles. The van der Waals surface area contributed by atoms with Gasteiger partial charge in [0.25, 0.3) is 0 Å². The van der Waals surface area contributed by atoms with Crippen LogP contribution in [0.2, 0.25) is 0 Å². The summed E-state index contributed by atoms with van der Waals surface area (Å²) in [6.07, 6.45) is 0. The van der Waals surface area contributed by atoms with E-state index >= 15 is 0 Å². The van der Waals surface area contributed by atoms with Crippen molar-refractivity contribution in [3.63, 3.8) is 0 Å². The molecular weight excluding hydrogens is 372 g/mol. The number of benzene rings is 2. The highest BCUT2D eigenvalue weighted by Gasteiger charge is 2.20. The van der Waals surface area contributed by atoms with Gasteiger partial charge in [0.1, 0.15) is 11.5 Å². The first-order valence-electron chi connectivity index (χ1n) is 8.58. The zero-order chi connectivity index (χ0) is 20.8. The third-order valence-electron chi connectivity index (χ3n) is 4.29. The molecule has 0 atom stereocenters. The van der Waals surface area contributed by atoms with E-state index in [1.165, 1.54) is 7.11 Å². The van der Waals surface area contributed by atoms with Crippen LogP contribution in [0.3, 0.4) is 0 Å². The molecule has 3 aromatic rings. The quantitative estimate of drug-likeness (QED) is 0.250. The number of hydrogen-bond acceptors (Lipinski definition) is 6. The summed E-state index contributed by atoms with van der Waals surface area (Å²) in [7, 11) is 4.42. The van der Waals surface area contributed by atoms with Gasteiger partial charge in [-0.1, -0.05) is 5.11 Å². The molecule has 0 amide bonds. The van der Waals surface area contributed by atoms with E-state index in [0.29, 0.717) is 28.5 Å². The van der Waals surface area contributed by atoms with E-state index in [1.54, 1.807) is 56.7 Å². The van der Waals surface area contributed by atoms with Crippen molar-refractivity contribution in [2.45, 2.75) is 0 Å². The molecule has 1 aromatic heterocycles. The fourth-order valence-electron chi connectivity index (χ4n) is 2.81. The number of carbonyl (C=O) groups excluding carboxylic acids is 1. The summed E-state index contributed by atoms with van der Waals surface area (Å²) in [5.41, 5.74) is 11.6. The molecule has 1 heterocycles. The lowest BCUT2D eigenvalue weighted by molar-refractivity contribution is 0.0601. The van der Waals surface area contributed by atoms with Crippen molar-refractivity contribution < 1.29 is 19.0 Å². The first-order valence-corrected chi connectivity index (χ1v) is 8.58. The Bertz CT molecular complexity index is 1070. The Morgan fingerprint density at radius 2 is 1.48 bits per heavy atom. The molecule has 146 valence electrons. The lowest BCUT2D eigenvalue weighted by atomic mass is 10.0. The van der Waals surface area contributed by atoms with Gasteiger partial charge in [-0.25, -0.2) is 9.78 Å². The summed E-state index contributed by atoms with van der Waals surface area (Å²) in [4.78, 5) is 19.9. The molecule has 0 unspecified atom stereocenters. The number of pyridine rings is 1. The van der Waals surface area contributed by atoms with Gasteiger partial charge in [-0.15, -0.1) is 0 Å². The minimum absolute atomic E-state index is 0.0989. The van der Waals surface area contributed by atoms with Gasteiger partial charge in [0.2, 0.25) is 0 Å². The third kappa shape index (κ3) is 4.12. The van der Waals surface area contributed by atoms with E-state index in [0.717, 1.165) is 5.56 Å². The monoisotopic (exact) mass is 390 g/mol. The minimum atomic E-state index is -0.626. The van der Waals surface area contributed by atoms with Crippen LogP contribution in [0.15, 0.2) is 59.7 Å². The van der Waals surface area contributed by atoms with Crippen molar-refractivity contribution in [3.05, 3.63) is 70.6 Å². The number of methoxy groups -OCH3 is 3. The smallest absolute Gasteiger partial charge is 0.338 e. The highest BCUT2D eigenvalue weighted by Crippen LogP contribution is 2.36. The molecule has 3 rings (SSSR count). The topological polar surface area (TPSA) is 106 Å². The Labute approximate surface area is 167 Å². The van der Waals surface area contributed by atoms with Gasteiger partial charge >= 0.3 is 5.97 Å². The van der Waals surface area contributed by atoms with Crippen LogP contribution < -0.4 is 9.47 Å². The maximum Gasteiger partial charge on any atom is 0.338 e. The van der Waals surface area contributed by atoms with Crippen LogP contribution in [0, 0.1) is 0 Å². The van der Waals surface area contributed by atoms with Crippen LogP contribution in [-0.4, -0.2) is 32.3 Å². The van der Waals surface area contributed by atoms with Crippen LogP contribution in [0.5, 0.6) is 11.5 Å². The molecular formula is C21H18N4O4. The summed E-state index contributed by atoms with van der Waals surface area (Å²) in [6, 6.07) is 15.9. The van der Waals surface area contributed by atoms with Gasteiger partial charge in [0, 0.05) is 16.0 Å². The van der Waals surface area contributed by atoms with Gasteiger partial charge in [0.05, 0.1) is 44.0 Å². The number of nitrogens with zero attached hydrogens (tertiary/aromatic N) is 4. The first-order chi connectivity index (χ1) is 14.1. The highest BCUT2D eigenvalue weighted by atomic mass is 16.5. The van der Waals surface area contributed by atoms with E-state index in [-0.39, 0.29) is 11.3 Å². The molecule has 0 aliphatic carbocycles. The SMILES string of the molecule is COC(=O)c1cc(-c2ccc(OC)cc2)nc(-c2ccc(OC)cc2)c1N=[N+]=[N-]. The molecule has 0 bridgehead atoms. The molecule has 0 aliphatic rings. The summed E-state index contributed by atoms with van der Waals surface area (Å²) in [5.74, 6) is 0.737. The van der Waals surface area contributed by atoms with E-state index in [2.05, 4.69) is 15.0 Å². The lowest BCUT2D eigenvalue weighted by Gasteiger charge is -2.13. The molecule has 0 saturated heterocycles. The number of hydrogen-bond donors (Lipinski definition) is 0. The van der Waals surface area contributed by atoms with Crippen LogP contribution in [-0.2, 0) is 4.74 Å². The number of esters is 1. The fourth-order valence-corrected chi connectivity index (χ4v) is 2.81. The number of aromatic nitrogens is 1. The third-order valence-corrected chi connectivity index (χ3v) is 4.29. The molecule has 0 radical (unpaired) electrons. The second-order valence-electron chi connectivity index (χ2n) is 5.89. The maximum atomic E-state index is 12.4. The average molecular weight is 390 g/mol. The van der Waals surface area contributed by atoms with E-state index in [4.69, 9.17) is 19.7 Å². The predicted molar refractivity (Wildman–Crippen MR) is 108 cm³/mol. The van der Waals surface area contributed by atoms with E-state index < -0.39 is 5.97 Å². The van der Waals surface area contributed by atoms with Gasteiger partial charge in [-0.05, 0) is 60.1 Å². The minimum Gasteiger partial charge on any atom is -0.497 e. The lowest BCUT2D eigenvalue weighted by Crippen LogP contribution is -2.04. The van der Waals surface area contributed by atoms with Crippen molar-refractivity contribution in [3.8, 4) is 34.0 Å². The fraction of sp³-hybridized carbons (Fsp3) is 0.143. The number of rotatable bonds is 6. The largest absolute Gasteiger partial charge is 0.497 e. The Balaban J connectivity index is 2.27. The Hall–Kier alpha value is -4.03. The Kier molecular flexibility index (Phi) is 5.97. The second-order valence-corrected chi connectivity index (χ2v) is 5.89. The van der Waals surface area contributed by atoms with Crippen LogP contribution >= 0.6 is 0 Å². The van der Waals surface area contributed by atoms with E-state index in [9.17, 15) is 4.79 Å². The molecule has 8 nitrogen and oxygen atoms in total. The summed E-state index contributed by atoms with van der Waals surface area (Å²) in [6.45, 7) is 0. The predicted octanol–water partition coefficient (Wildman–Crippen LogP) is 5.16. The van der Waals surface area contributed by atoms with Crippen molar-refractivity contribution in [1.82, 2.24) is 4.98 Å². The Morgan fingerprint density at radius 1 is 0.931 bits per heavy atom. The van der Waals surface area contributed by atoms with Crippen molar-refractivity contribution >= 4 is 11.7 Å². The van der Waals surface area contributed by atoms with Crippen LogP contribution in [0.1, 0.15) is 10.4 Å². The highest BCUT2D eigenvalue weighted by molar-refractivity contribution is 5.99. The Morgan fingerprint density at radius 3 is 1.97 bits per heavy atom. The zero-order valence-corrected chi connectivity index (χ0v) is 16.1. The van der Waals surface area contributed by atoms with Crippen LogP contribution in [0.4, 0.5) is 5.69 Å². The molecule has 2 aromatic carbocycles. The van der Waals surface area contributed by atoms with E-state index in [1.807, 2.05) is 12.1 Å². The van der Waals surface area contributed by atoms with Crippen molar-refractivity contribution in [2.75, 3.05) is 21.3 Å². The standard InChI is InChI=1S/C21H18N4O4/c1-27-15-8-4-13(5-9-15)18-12-17(21(26)29-3)20(24-25-22)19(23-18)14-6-10-16(28-2)11-7-14/h4-12H,1-3H3. The summed E-state index contributed by atoms with van der Waals surface area (Å²) >= 11 is 0. The molecule has 8 heteroatoms. The van der Waals surface area contributed by atoms with Gasteiger partial charge in [-0.3, -0.25) is 0 Å². The maximum absolute atomic E-state index is 12.4. The van der Waals surface area contributed by atoms with Crippen molar-refractivity contribution in [2.24, 2.45) is 5.11 Å². The summed E-state index contributed by atoms with van der Waals surface area (Å²) in [5, 5.41) is 3.72. The average Bonchev–Trinajstić information content (AvgIpc) is 2.79. The molecule has 0 spiro atoms. The number of carbonyl (C=O) groups is 1. The molecule has 29 heavy (non-hydrogen) atoms. The molecule has 0 aliphatic heterocycles. The normalized spacial score (nSPS) is 10.0. The molecule has 0 fully saturated rings. The first kappa shape index (κ1) is 19.7. The molecule has 0 N–H and O–H groups in total. The van der Waals surface area contributed by atoms with Crippen LogP contribution in [0.25, 0.3) is 33.0 Å². The van der Waals surface area contributed by atoms with Gasteiger partial charge in [-0.2, -0.15) is 0 Å². The summed E-state index contributed by atoms with van der Waals surface area (Å²) < 4.78 is 15.3. The van der Waals surface area contributed by atoms with Gasteiger partial charge < -0.3 is 14.2 Å². The second kappa shape index (κ2) is 8.77. The number of azide groups is 1. The van der Waals surface area contributed by atoms with Gasteiger partial charge in [0.15, 0.2) is 0 Å². The zero-order valence-electron chi connectivity index (χ0n) is 16.1. The number of ether oxygens (including phenoxy) is 3.